The third kappa shape index (κ3) is 23.9. The molecule has 1 rings (SSSR count). The van der Waals surface area contributed by atoms with Gasteiger partial charge in [-0.25, -0.2) is 22.9 Å². The van der Waals surface area contributed by atoms with Gasteiger partial charge in [-0.05, 0) is 6.42 Å². The molecule has 1 aromatic rings. The van der Waals surface area contributed by atoms with E-state index in [0.29, 0.717) is 13.0 Å². The smallest absolute Gasteiger partial charge is 0.407 e. The molecular weight excluding hydrogens is 649 g/mol. The number of hydrogen-bond donors (Lipinski definition) is 2. The maximum atomic E-state index is 12.2. The second-order valence-electron chi connectivity index (χ2n) is 10.0. The number of amides is 1. The van der Waals surface area contributed by atoms with Crippen LogP contribution in [0.4, 0.5) is 4.79 Å². The number of hydrogen-bond acceptors (Lipinski definition) is 7. The van der Waals surface area contributed by atoms with E-state index in [1.54, 1.807) is 6.20 Å². The molecule has 0 bridgehead atoms. The largest absolute Gasteiger partial charge is 0.447 e. The van der Waals surface area contributed by atoms with Gasteiger partial charge in [0.05, 0.1) is 10.8 Å². The standard InChI is InChI=1S/C28H53N3O5S2.HI/c1-3-4-5-6-7-8-9-10-11-12-13-14-15-16-17-18-20-30-28(32)36-25-26(35-2)24-31-38(33,34)23-19-27-29-21-22-37-27;/h21-22,26,31H,3-20,23-25H2,1-2H3,(H,30,32);1H. The van der Waals surface area contributed by atoms with Crippen LogP contribution in [-0.2, 0) is 25.9 Å². The van der Waals surface area contributed by atoms with E-state index in [2.05, 4.69) is 21.9 Å². The molecule has 2 N–H and O–H groups in total. The second-order valence-corrected chi connectivity index (χ2v) is 12.9. The van der Waals surface area contributed by atoms with E-state index in [9.17, 15) is 13.2 Å². The molecule has 0 aliphatic carbocycles. The summed E-state index contributed by atoms with van der Waals surface area (Å²) in [6.45, 7) is 2.88. The van der Waals surface area contributed by atoms with Crippen molar-refractivity contribution in [1.29, 1.82) is 0 Å². The third-order valence-electron chi connectivity index (χ3n) is 6.63. The van der Waals surface area contributed by atoms with Crippen LogP contribution in [0.25, 0.3) is 0 Å². The molecule has 39 heavy (non-hydrogen) atoms. The van der Waals surface area contributed by atoms with Crippen molar-refractivity contribution in [3.63, 3.8) is 0 Å². The Hall–Kier alpha value is -0.500. The van der Waals surface area contributed by atoms with Gasteiger partial charge in [0.1, 0.15) is 12.7 Å². The minimum Gasteiger partial charge on any atom is -0.447 e. The van der Waals surface area contributed by atoms with E-state index in [1.165, 1.54) is 108 Å². The number of sulfonamides is 1. The van der Waals surface area contributed by atoms with Gasteiger partial charge in [0.25, 0.3) is 0 Å². The van der Waals surface area contributed by atoms with E-state index in [-0.39, 0.29) is 42.9 Å². The molecule has 1 amide bonds. The van der Waals surface area contributed by atoms with Gasteiger partial charge in [0.15, 0.2) is 0 Å². The van der Waals surface area contributed by atoms with Crippen LogP contribution in [0, 0.1) is 0 Å². The predicted octanol–water partition coefficient (Wildman–Crippen LogP) is 7.23. The van der Waals surface area contributed by atoms with Gasteiger partial charge in [-0.3, -0.25) is 0 Å². The third-order valence-corrected chi connectivity index (χ3v) is 8.82. The van der Waals surface area contributed by atoms with Crippen molar-refractivity contribution in [1.82, 2.24) is 15.0 Å². The Bertz CT molecular complexity index is 782. The molecule has 0 aliphatic rings. The van der Waals surface area contributed by atoms with E-state index >= 15 is 0 Å². The van der Waals surface area contributed by atoms with Crippen LogP contribution in [0.5, 0.6) is 0 Å². The van der Waals surface area contributed by atoms with Gasteiger partial charge in [-0.2, -0.15) is 0 Å². The predicted molar refractivity (Wildman–Crippen MR) is 173 cm³/mol. The summed E-state index contributed by atoms with van der Waals surface area (Å²) in [7, 11) is -2.00. The van der Waals surface area contributed by atoms with Crippen molar-refractivity contribution < 1.29 is 22.7 Å². The van der Waals surface area contributed by atoms with Crippen LogP contribution in [-0.4, -0.2) is 58.2 Å². The van der Waals surface area contributed by atoms with Crippen LogP contribution in [0.2, 0.25) is 0 Å². The van der Waals surface area contributed by atoms with Gasteiger partial charge in [-0.15, -0.1) is 35.3 Å². The van der Waals surface area contributed by atoms with Gasteiger partial charge in [0.2, 0.25) is 10.0 Å². The highest BCUT2D eigenvalue weighted by molar-refractivity contribution is 14.0. The Kier molecular flexibility index (Phi) is 26.1. The lowest BCUT2D eigenvalue weighted by Gasteiger charge is -2.16. The first-order valence-electron chi connectivity index (χ1n) is 14.8. The zero-order valence-corrected chi connectivity index (χ0v) is 28.3. The van der Waals surface area contributed by atoms with Crippen molar-refractivity contribution in [3.8, 4) is 0 Å². The lowest BCUT2D eigenvalue weighted by molar-refractivity contribution is 0.0384. The summed E-state index contributed by atoms with van der Waals surface area (Å²) in [6.07, 6.45) is 22.0. The topological polar surface area (TPSA) is 107 Å². The molecular formula is C28H54IN3O5S2. The average molecular weight is 704 g/mol. The Morgan fingerprint density at radius 3 is 1.95 bits per heavy atom. The molecule has 8 nitrogen and oxygen atoms in total. The van der Waals surface area contributed by atoms with Crippen molar-refractivity contribution in [2.45, 2.75) is 122 Å². The first-order chi connectivity index (χ1) is 18.5. The number of halogens is 1. The quantitative estimate of drug-likeness (QED) is 0.0780. The summed E-state index contributed by atoms with van der Waals surface area (Å²) in [5, 5.41) is 5.36. The molecule has 1 heterocycles. The number of carbonyl (C=O) groups excluding carboxylic acids is 1. The number of aryl methyl sites for hydroxylation is 1. The number of rotatable bonds is 26. The lowest BCUT2D eigenvalue weighted by atomic mass is 10.0. The number of aromatic nitrogens is 1. The number of methoxy groups -OCH3 is 1. The normalized spacial score (nSPS) is 12.2. The highest BCUT2D eigenvalue weighted by atomic mass is 127. The molecule has 0 fully saturated rings. The molecule has 1 aromatic heterocycles. The van der Waals surface area contributed by atoms with E-state index in [1.807, 2.05) is 5.38 Å². The monoisotopic (exact) mass is 703 g/mol. The summed E-state index contributed by atoms with van der Waals surface area (Å²) in [5.41, 5.74) is 0. The minimum absolute atomic E-state index is 0. The fourth-order valence-electron chi connectivity index (χ4n) is 4.18. The number of unbranched alkanes of at least 4 members (excludes halogenated alkanes) is 15. The van der Waals surface area contributed by atoms with Crippen LogP contribution < -0.4 is 10.0 Å². The van der Waals surface area contributed by atoms with Crippen LogP contribution in [0.1, 0.15) is 115 Å². The summed E-state index contributed by atoms with van der Waals surface area (Å²) in [5.74, 6) is -0.0440. The van der Waals surface area contributed by atoms with Crippen LogP contribution in [0.15, 0.2) is 11.6 Å². The molecule has 230 valence electrons. The van der Waals surface area contributed by atoms with Gasteiger partial charge in [0, 0.05) is 38.2 Å². The SMILES string of the molecule is CCCCCCCCCCCCCCCCCCNC(=O)OCC(CNS(=O)(=O)CCc1nccs1)OC.I. The lowest BCUT2D eigenvalue weighted by Crippen LogP contribution is -2.38. The number of carbonyl (C=O) groups is 1. The van der Waals surface area contributed by atoms with Crippen molar-refractivity contribution in [2.75, 3.05) is 32.6 Å². The first-order valence-corrected chi connectivity index (χ1v) is 17.3. The molecule has 0 radical (unpaired) electrons. The van der Waals surface area contributed by atoms with Crippen LogP contribution >= 0.6 is 35.3 Å². The van der Waals surface area contributed by atoms with E-state index in [4.69, 9.17) is 9.47 Å². The second kappa shape index (κ2) is 26.4. The summed E-state index contributed by atoms with van der Waals surface area (Å²) in [4.78, 5) is 16.0. The summed E-state index contributed by atoms with van der Waals surface area (Å²) in [6, 6.07) is 0. The number of ether oxygens (including phenoxy) is 2. The van der Waals surface area contributed by atoms with Gasteiger partial charge >= 0.3 is 6.09 Å². The minimum atomic E-state index is -3.46. The highest BCUT2D eigenvalue weighted by Crippen LogP contribution is 2.13. The summed E-state index contributed by atoms with van der Waals surface area (Å²) < 4.78 is 37.3. The zero-order chi connectivity index (χ0) is 27.7. The molecule has 0 saturated carbocycles. The first kappa shape index (κ1) is 38.5. The molecule has 1 atom stereocenters. The maximum Gasteiger partial charge on any atom is 0.407 e. The van der Waals surface area contributed by atoms with Crippen molar-refractivity contribution in [3.05, 3.63) is 16.6 Å². The van der Waals surface area contributed by atoms with E-state index in [0.717, 1.165) is 17.8 Å². The Morgan fingerprint density at radius 1 is 0.923 bits per heavy atom. The fourth-order valence-corrected chi connectivity index (χ4v) is 5.98. The average Bonchev–Trinajstić information content (AvgIpc) is 3.43. The molecule has 0 aromatic carbocycles. The Balaban J connectivity index is 0.0000144. The molecule has 0 saturated heterocycles. The number of nitrogens with one attached hydrogen (secondary N) is 2. The summed E-state index contributed by atoms with van der Waals surface area (Å²) >= 11 is 1.43. The number of nitrogens with zero attached hydrogens (tertiary/aromatic N) is 1. The Morgan fingerprint density at radius 2 is 1.46 bits per heavy atom. The van der Waals surface area contributed by atoms with Crippen molar-refractivity contribution in [2.24, 2.45) is 0 Å². The van der Waals surface area contributed by atoms with Gasteiger partial charge < -0.3 is 14.8 Å². The molecule has 1 unspecified atom stereocenters. The van der Waals surface area contributed by atoms with Gasteiger partial charge in [-0.1, -0.05) is 103 Å². The number of alkyl carbamates (subject to hydrolysis) is 1. The van der Waals surface area contributed by atoms with Crippen molar-refractivity contribution >= 4 is 51.4 Å². The maximum absolute atomic E-state index is 12.2. The fraction of sp³-hybridized carbons (Fsp3) is 0.857. The van der Waals surface area contributed by atoms with E-state index < -0.39 is 22.2 Å². The van der Waals surface area contributed by atoms with Crippen LogP contribution in [0.3, 0.4) is 0 Å². The number of thiazole rings is 1. The Labute approximate surface area is 259 Å². The molecule has 11 heteroatoms. The zero-order valence-electron chi connectivity index (χ0n) is 24.3. The molecule has 0 aliphatic heterocycles. The molecule has 0 spiro atoms. The highest BCUT2D eigenvalue weighted by Gasteiger charge is 2.17.